The molecule has 3 rings (SSSR count). The van der Waals surface area contributed by atoms with Gasteiger partial charge in [-0.1, -0.05) is 20.8 Å². The summed E-state index contributed by atoms with van der Waals surface area (Å²) in [4.78, 5) is 11.3. The summed E-state index contributed by atoms with van der Waals surface area (Å²) in [6.45, 7) is 10.9. The monoisotopic (exact) mass is 345 g/mol. The molecule has 5 nitrogen and oxygen atoms in total. The summed E-state index contributed by atoms with van der Waals surface area (Å²) in [6.07, 6.45) is 6.03. The third-order valence-electron chi connectivity index (χ3n) is 4.69. The molecule has 0 radical (unpaired) electrons. The van der Waals surface area contributed by atoms with Crippen molar-refractivity contribution < 1.29 is 0 Å². The van der Waals surface area contributed by atoms with Crippen LogP contribution in [0, 0.1) is 0 Å². The highest BCUT2D eigenvalue weighted by Crippen LogP contribution is 2.27. The molecule has 3 heterocycles. The fourth-order valence-corrected chi connectivity index (χ4v) is 3.88. The van der Waals surface area contributed by atoms with Gasteiger partial charge >= 0.3 is 0 Å². The summed E-state index contributed by atoms with van der Waals surface area (Å²) in [5, 5.41) is 4.54. The molecule has 24 heavy (non-hydrogen) atoms. The maximum atomic E-state index is 4.65. The van der Waals surface area contributed by atoms with E-state index in [1.54, 1.807) is 0 Å². The number of likely N-dealkylation sites (tertiary alicyclic amines) is 1. The van der Waals surface area contributed by atoms with E-state index in [-0.39, 0.29) is 5.41 Å². The van der Waals surface area contributed by atoms with Crippen LogP contribution in [0.25, 0.3) is 0 Å². The molecule has 0 spiro atoms. The minimum atomic E-state index is 0.0137. The second kappa shape index (κ2) is 7.15. The maximum Gasteiger partial charge on any atom is 0.202 e. The van der Waals surface area contributed by atoms with E-state index >= 15 is 0 Å². The van der Waals surface area contributed by atoms with Gasteiger partial charge in [0.05, 0.1) is 0 Å². The van der Waals surface area contributed by atoms with Crippen LogP contribution in [0.5, 0.6) is 0 Å². The number of rotatable bonds is 4. The number of nitrogens with one attached hydrogen (secondary N) is 1. The third-order valence-corrected chi connectivity index (χ3v) is 5.34. The third kappa shape index (κ3) is 4.11. The van der Waals surface area contributed by atoms with Crippen molar-refractivity contribution in [2.75, 3.05) is 18.4 Å². The van der Waals surface area contributed by atoms with Gasteiger partial charge in [0.15, 0.2) is 0 Å². The summed E-state index contributed by atoms with van der Waals surface area (Å²) < 4.78 is 4.49. The van der Waals surface area contributed by atoms with Gasteiger partial charge in [-0.25, -0.2) is 4.98 Å². The molecule has 0 aliphatic carbocycles. The Hall–Kier alpha value is -1.53. The molecule has 2 aromatic heterocycles. The van der Waals surface area contributed by atoms with Crippen molar-refractivity contribution in [2.24, 2.45) is 0 Å². The number of pyridine rings is 1. The number of hydrogen-bond acceptors (Lipinski definition) is 6. The Morgan fingerprint density at radius 2 is 1.88 bits per heavy atom. The van der Waals surface area contributed by atoms with Crippen molar-refractivity contribution in [1.82, 2.24) is 19.2 Å². The van der Waals surface area contributed by atoms with Crippen LogP contribution in [0.15, 0.2) is 24.5 Å². The summed E-state index contributed by atoms with van der Waals surface area (Å²) in [5.41, 5.74) is 1.36. The SMILES string of the molecule is CC(c1ccncc1)N1CCC(Nc2nc(C(C)(C)C)ns2)CC1. The molecule has 2 aromatic rings. The lowest BCUT2D eigenvalue weighted by molar-refractivity contribution is 0.167. The van der Waals surface area contributed by atoms with Crippen molar-refractivity contribution in [2.45, 2.75) is 58.0 Å². The second-order valence-electron chi connectivity index (χ2n) is 7.58. The topological polar surface area (TPSA) is 53.9 Å². The van der Waals surface area contributed by atoms with E-state index in [2.05, 4.69) is 64.4 Å². The molecule has 1 saturated heterocycles. The van der Waals surface area contributed by atoms with Crippen molar-refractivity contribution in [1.29, 1.82) is 0 Å². The largest absolute Gasteiger partial charge is 0.357 e. The lowest BCUT2D eigenvalue weighted by Gasteiger charge is -2.36. The van der Waals surface area contributed by atoms with E-state index in [4.69, 9.17) is 0 Å². The minimum absolute atomic E-state index is 0.0137. The molecule has 1 atom stereocenters. The van der Waals surface area contributed by atoms with Gasteiger partial charge in [0, 0.05) is 54.5 Å². The first kappa shape index (κ1) is 17.3. The number of nitrogens with zero attached hydrogens (tertiary/aromatic N) is 4. The number of hydrogen-bond donors (Lipinski definition) is 1. The van der Waals surface area contributed by atoms with Crippen molar-refractivity contribution in [3.05, 3.63) is 35.9 Å². The van der Waals surface area contributed by atoms with Crippen LogP contribution in [0.4, 0.5) is 5.13 Å². The molecule has 1 N–H and O–H groups in total. The molecule has 0 bridgehead atoms. The van der Waals surface area contributed by atoms with E-state index in [9.17, 15) is 0 Å². The van der Waals surface area contributed by atoms with E-state index < -0.39 is 0 Å². The van der Waals surface area contributed by atoms with Crippen molar-refractivity contribution in [3.8, 4) is 0 Å². The fraction of sp³-hybridized carbons (Fsp3) is 0.611. The molecule has 0 aromatic carbocycles. The zero-order valence-corrected chi connectivity index (χ0v) is 15.8. The van der Waals surface area contributed by atoms with Crippen LogP contribution in [0.1, 0.15) is 58.0 Å². The quantitative estimate of drug-likeness (QED) is 0.912. The molecule has 0 amide bonds. The Balaban J connectivity index is 1.53. The average molecular weight is 346 g/mol. The number of anilines is 1. The molecular formula is C18H27N5S. The molecule has 6 heteroatoms. The molecule has 1 aliphatic rings. The van der Waals surface area contributed by atoms with E-state index in [0.717, 1.165) is 36.9 Å². The summed E-state index contributed by atoms with van der Waals surface area (Å²) in [5.74, 6) is 0.929. The van der Waals surface area contributed by atoms with Gasteiger partial charge in [-0.15, -0.1) is 0 Å². The van der Waals surface area contributed by atoms with Crippen LogP contribution in [0.3, 0.4) is 0 Å². The van der Waals surface area contributed by atoms with Crippen LogP contribution < -0.4 is 5.32 Å². The van der Waals surface area contributed by atoms with Gasteiger partial charge in [-0.3, -0.25) is 9.88 Å². The predicted molar refractivity (Wildman–Crippen MR) is 99.5 cm³/mol. The van der Waals surface area contributed by atoms with Gasteiger partial charge in [0.1, 0.15) is 5.82 Å². The highest BCUT2D eigenvalue weighted by atomic mass is 32.1. The van der Waals surface area contributed by atoms with Crippen LogP contribution >= 0.6 is 11.5 Å². The Kier molecular flexibility index (Phi) is 5.15. The highest BCUT2D eigenvalue weighted by molar-refractivity contribution is 7.09. The normalized spacial score (nSPS) is 18.5. The first-order valence-corrected chi connectivity index (χ1v) is 9.45. The Morgan fingerprint density at radius 1 is 1.21 bits per heavy atom. The van der Waals surface area contributed by atoms with E-state index in [1.165, 1.54) is 17.1 Å². The lowest BCUT2D eigenvalue weighted by Crippen LogP contribution is -2.40. The molecule has 130 valence electrons. The van der Waals surface area contributed by atoms with Gasteiger partial charge in [0.2, 0.25) is 5.13 Å². The Morgan fingerprint density at radius 3 is 2.46 bits per heavy atom. The van der Waals surface area contributed by atoms with Gasteiger partial charge in [0.25, 0.3) is 0 Å². The standard InChI is InChI=1S/C18H27N5S/c1-13(14-5-9-19-10-6-14)23-11-7-15(8-12-23)20-17-21-16(22-24-17)18(2,3)4/h5-6,9-10,13,15H,7-8,11-12H2,1-4H3,(H,20,21,22). The number of piperidine rings is 1. The predicted octanol–water partition coefficient (Wildman–Crippen LogP) is 3.87. The summed E-state index contributed by atoms with van der Waals surface area (Å²) >= 11 is 1.48. The van der Waals surface area contributed by atoms with Crippen molar-refractivity contribution in [3.63, 3.8) is 0 Å². The van der Waals surface area contributed by atoms with Gasteiger partial charge in [-0.2, -0.15) is 4.37 Å². The van der Waals surface area contributed by atoms with Crippen LogP contribution in [-0.2, 0) is 5.41 Å². The molecule has 1 aliphatic heterocycles. The molecule has 0 saturated carbocycles. The molecular weight excluding hydrogens is 318 g/mol. The van der Waals surface area contributed by atoms with E-state index in [0.29, 0.717) is 12.1 Å². The fourth-order valence-electron chi connectivity index (χ4n) is 3.05. The average Bonchev–Trinajstić information content (AvgIpc) is 3.05. The Bertz CT molecular complexity index is 641. The number of aromatic nitrogens is 3. The summed E-state index contributed by atoms with van der Waals surface area (Å²) in [6, 6.07) is 5.17. The zero-order valence-electron chi connectivity index (χ0n) is 15.0. The smallest absolute Gasteiger partial charge is 0.202 e. The van der Waals surface area contributed by atoms with Crippen molar-refractivity contribution >= 4 is 16.7 Å². The highest BCUT2D eigenvalue weighted by Gasteiger charge is 2.25. The first-order chi connectivity index (χ1) is 11.4. The lowest BCUT2D eigenvalue weighted by atomic mass is 9.96. The van der Waals surface area contributed by atoms with Gasteiger partial charge in [-0.05, 0) is 37.5 Å². The maximum absolute atomic E-state index is 4.65. The minimum Gasteiger partial charge on any atom is -0.357 e. The van der Waals surface area contributed by atoms with Crippen LogP contribution in [-0.4, -0.2) is 38.4 Å². The second-order valence-corrected chi connectivity index (χ2v) is 8.34. The molecule has 1 unspecified atom stereocenters. The molecule has 1 fully saturated rings. The Labute approximate surface area is 148 Å². The van der Waals surface area contributed by atoms with Gasteiger partial charge < -0.3 is 5.32 Å². The van der Waals surface area contributed by atoms with Crippen LogP contribution in [0.2, 0.25) is 0 Å². The zero-order chi connectivity index (χ0) is 17.2. The van der Waals surface area contributed by atoms with E-state index in [1.807, 2.05) is 12.4 Å². The first-order valence-electron chi connectivity index (χ1n) is 8.68. The summed E-state index contributed by atoms with van der Waals surface area (Å²) in [7, 11) is 0.